The predicted molar refractivity (Wildman–Crippen MR) is 187 cm³/mol. The zero-order valence-corrected chi connectivity index (χ0v) is 31.5. The first-order valence-electron chi connectivity index (χ1n) is 19.0. The molecule has 0 heterocycles. The van der Waals surface area contributed by atoms with Crippen LogP contribution < -0.4 is 0 Å². The van der Waals surface area contributed by atoms with Crippen LogP contribution in [0.25, 0.3) is 0 Å². The number of rotatable bonds is 8. The van der Waals surface area contributed by atoms with Crippen LogP contribution in [-0.4, -0.2) is 34.0 Å². The Balaban J connectivity index is 1.58. The number of halogens is 2. The Hall–Kier alpha value is 2.10. The minimum absolute atomic E-state index is 0.963. The van der Waals surface area contributed by atoms with Gasteiger partial charge in [-0.05, 0) is 0 Å². The van der Waals surface area contributed by atoms with Crippen LogP contribution in [0.4, 0.5) is 0 Å². The molecule has 6 aliphatic carbocycles. The van der Waals surface area contributed by atoms with E-state index in [0.29, 0.717) is 0 Å². The summed E-state index contributed by atoms with van der Waals surface area (Å²) in [5.41, 5.74) is 2.74. The van der Waals surface area contributed by atoms with Crippen LogP contribution in [-0.2, 0) is 12.5 Å². The summed E-state index contributed by atoms with van der Waals surface area (Å²) in [6.07, 6.45) is 45.1. The minimum atomic E-state index is -2.80. The zero-order valence-electron chi connectivity index (χ0n) is 26.6. The second kappa shape index (κ2) is 15.3. The molecule has 6 aliphatic rings. The fraction of sp³-hybridized carbons (Fsp3) is 1.00. The molecule has 0 saturated heterocycles. The summed E-state index contributed by atoms with van der Waals surface area (Å²) in [5, 5.41) is 0. The van der Waals surface area contributed by atoms with Gasteiger partial charge in [0.2, 0.25) is 0 Å². The van der Waals surface area contributed by atoms with Crippen molar-refractivity contribution >= 4 is 30.0 Å². The van der Waals surface area contributed by atoms with Crippen molar-refractivity contribution in [3.63, 3.8) is 0 Å². The maximum atomic E-state index is 9.20. The van der Waals surface area contributed by atoms with Gasteiger partial charge in [-0.15, -0.1) is 0 Å². The molecule has 0 aliphatic heterocycles. The zero-order chi connectivity index (χ0) is 28.2. The van der Waals surface area contributed by atoms with Gasteiger partial charge in [0.1, 0.15) is 0 Å². The van der Waals surface area contributed by atoms with Gasteiger partial charge in [-0.25, -0.2) is 0 Å². The van der Waals surface area contributed by atoms with E-state index in [0.717, 1.165) is 34.0 Å². The van der Waals surface area contributed by atoms with E-state index in [4.69, 9.17) is 0 Å². The molecular formula is C36H66Cl2P2Pd. The molecule has 6 fully saturated rings. The van der Waals surface area contributed by atoms with Gasteiger partial charge < -0.3 is 0 Å². The Kier molecular flexibility index (Phi) is 12.4. The first-order valence-corrected chi connectivity index (χ1v) is 30.8. The van der Waals surface area contributed by atoms with Crippen molar-refractivity contribution in [1.29, 1.82) is 0 Å². The topological polar surface area (TPSA) is 0 Å². The summed E-state index contributed by atoms with van der Waals surface area (Å²) in [5.74, 6) is 0. The van der Waals surface area contributed by atoms with Crippen LogP contribution in [0.15, 0.2) is 0 Å². The van der Waals surface area contributed by atoms with Gasteiger partial charge in [-0.1, -0.05) is 0 Å². The fourth-order valence-electron chi connectivity index (χ4n) is 11.6. The first-order chi connectivity index (χ1) is 20.1. The molecule has 0 aromatic rings. The van der Waals surface area contributed by atoms with Crippen molar-refractivity contribution in [3.8, 4) is 0 Å². The van der Waals surface area contributed by atoms with Crippen molar-refractivity contribution in [1.82, 2.24) is 0 Å². The van der Waals surface area contributed by atoms with E-state index in [1.54, 1.807) is 0 Å². The van der Waals surface area contributed by atoms with E-state index in [9.17, 15) is 19.1 Å². The Labute approximate surface area is 267 Å². The Morgan fingerprint density at radius 3 is 0.561 bits per heavy atom. The molecule has 244 valence electrons. The van der Waals surface area contributed by atoms with Crippen LogP contribution in [0, 0.1) is 0 Å². The quantitative estimate of drug-likeness (QED) is 0.172. The summed E-state index contributed by atoms with van der Waals surface area (Å²) in [6, 6.07) is 0. The molecule has 5 heteroatoms. The standard InChI is InChI=1S/2C18H33P.2ClH.Pd/c2*1-4-10-16(11-5-1)19(17-12-6-2-7-13-17)18-14-8-3-9-15-18;;;/h2*16-18H,1-15H2;2*1H;/q;;;;+2/p-2. The Morgan fingerprint density at radius 2 is 0.415 bits per heavy atom. The second-order valence-corrected chi connectivity index (χ2v) is 46.7. The van der Waals surface area contributed by atoms with E-state index in [2.05, 4.69) is 0 Å². The van der Waals surface area contributed by atoms with Crippen molar-refractivity contribution < 1.29 is 12.5 Å². The summed E-state index contributed by atoms with van der Waals surface area (Å²) >= 11 is -2.80. The molecular weight excluding hydrogens is 672 g/mol. The Bertz CT molecular complexity index is 628. The van der Waals surface area contributed by atoms with Gasteiger partial charge in [-0.3, -0.25) is 0 Å². The van der Waals surface area contributed by atoms with E-state index >= 15 is 0 Å². The molecule has 6 rings (SSSR count). The van der Waals surface area contributed by atoms with Crippen LogP contribution in [0.5, 0.6) is 0 Å². The molecule has 0 aromatic heterocycles. The fourth-order valence-corrected chi connectivity index (χ4v) is 82.6. The molecule has 0 bridgehead atoms. The van der Waals surface area contributed by atoms with Gasteiger partial charge >= 0.3 is 269 Å². The summed E-state index contributed by atoms with van der Waals surface area (Å²) in [6.45, 7) is 0. The normalized spacial score (nSPS) is 29.5. The third-order valence-electron chi connectivity index (χ3n) is 13.3. The molecule has 0 spiro atoms. The summed E-state index contributed by atoms with van der Waals surface area (Å²) < 4.78 is 0. The van der Waals surface area contributed by atoms with Crippen LogP contribution >= 0.6 is 30.0 Å². The van der Waals surface area contributed by atoms with Crippen LogP contribution in [0.2, 0.25) is 0 Å². The summed E-state index contributed by atoms with van der Waals surface area (Å²) in [4.78, 5) is 0. The average Bonchev–Trinajstić information content (AvgIpc) is 3.05. The number of hydrogen-bond donors (Lipinski definition) is 0. The van der Waals surface area contributed by atoms with Gasteiger partial charge in [0, 0.05) is 0 Å². The van der Waals surface area contributed by atoms with Crippen molar-refractivity contribution in [2.24, 2.45) is 0 Å². The Morgan fingerprint density at radius 1 is 0.268 bits per heavy atom. The monoisotopic (exact) mass is 736 g/mol. The second-order valence-electron chi connectivity index (χ2n) is 15.5. The molecule has 0 aromatic carbocycles. The van der Waals surface area contributed by atoms with Crippen molar-refractivity contribution in [2.45, 2.75) is 227 Å². The SMILES string of the molecule is [Cl][Pd]([Cl])([P](C1CCCCC1)(C1CCCCC1)C1CCCCC1)[P](C1CCCCC1)(C1CCCCC1)C1CCCCC1. The van der Waals surface area contributed by atoms with E-state index in [1.807, 2.05) is 0 Å². The molecule has 0 unspecified atom stereocenters. The number of hydrogen-bond acceptors (Lipinski definition) is 0. The molecule has 0 amide bonds. The van der Waals surface area contributed by atoms with E-state index in [1.165, 1.54) is 193 Å². The van der Waals surface area contributed by atoms with Crippen molar-refractivity contribution in [2.75, 3.05) is 0 Å². The third kappa shape index (κ3) is 6.25. The third-order valence-corrected chi connectivity index (χ3v) is 63.8. The average molecular weight is 738 g/mol. The van der Waals surface area contributed by atoms with Crippen molar-refractivity contribution in [3.05, 3.63) is 0 Å². The molecule has 0 nitrogen and oxygen atoms in total. The van der Waals surface area contributed by atoms with Gasteiger partial charge in [-0.2, -0.15) is 0 Å². The molecule has 6 saturated carbocycles. The van der Waals surface area contributed by atoms with Gasteiger partial charge in [0.15, 0.2) is 0 Å². The van der Waals surface area contributed by atoms with Crippen LogP contribution in [0.1, 0.15) is 193 Å². The van der Waals surface area contributed by atoms with Crippen LogP contribution in [0.3, 0.4) is 0 Å². The molecule has 2 radical (unpaired) electrons. The molecule has 0 atom stereocenters. The van der Waals surface area contributed by atoms with Gasteiger partial charge in [0.05, 0.1) is 0 Å². The van der Waals surface area contributed by atoms with E-state index < -0.39 is 23.4 Å². The molecule has 0 N–H and O–H groups in total. The van der Waals surface area contributed by atoms with Gasteiger partial charge in [0.25, 0.3) is 0 Å². The summed E-state index contributed by atoms with van der Waals surface area (Å²) in [7, 11) is 18.4. The predicted octanol–water partition coefficient (Wildman–Crippen LogP) is 14.3. The van der Waals surface area contributed by atoms with E-state index in [-0.39, 0.29) is 0 Å². The maximum absolute atomic E-state index is 9.20. The first kappa shape index (κ1) is 33.0. The molecule has 41 heavy (non-hydrogen) atoms.